The molecule has 14 heavy (non-hydrogen) atoms. The molecule has 1 fully saturated rings. The van der Waals surface area contributed by atoms with Crippen LogP contribution in [-0.2, 0) is 5.60 Å². The molecule has 0 bridgehead atoms. The zero-order valence-electron chi connectivity index (χ0n) is 8.11. The van der Waals surface area contributed by atoms with Crippen LogP contribution in [0.5, 0.6) is 0 Å². The third kappa shape index (κ3) is 1.54. The minimum atomic E-state index is -0.782. The second-order valence-corrected chi connectivity index (χ2v) is 3.95. The first-order chi connectivity index (χ1) is 6.77. The Morgan fingerprint density at radius 3 is 2.50 bits per heavy atom. The molecule has 1 unspecified atom stereocenters. The Labute approximate surface area is 84.8 Å². The Hall–Kier alpha value is -1.26. The summed E-state index contributed by atoms with van der Waals surface area (Å²) in [5, 5.41) is 10.5. The van der Waals surface area contributed by atoms with Gasteiger partial charge in [-0.3, -0.25) is 0 Å². The van der Waals surface area contributed by atoms with E-state index in [-0.39, 0.29) is 0 Å². The average Bonchev–Trinajstić information content (AvgIpc) is 3.03. The molecule has 1 nitrogen and oxygen atoms in total. The predicted molar refractivity (Wildman–Crippen MR) is 56.5 cm³/mol. The van der Waals surface area contributed by atoms with E-state index in [4.69, 9.17) is 6.42 Å². The van der Waals surface area contributed by atoms with Gasteiger partial charge in [0.25, 0.3) is 0 Å². The molecule has 1 aliphatic rings. The molecule has 1 saturated carbocycles. The quantitative estimate of drug-likeness (QED) is 0.718. The summed E-state index contributed by atoms with van der Waals surface area (Å²) in [6, 6.07) is 9.75. The summed E-state index contributed by atoms with van der Waals surface area (Å²) in [6.45, 7) is 0. The van der Waals surface area contributed by atoms with Gasteiger partial charge < -0.3 is 5.11 Å². The Balaban J connectivity index is 2.32. The molecule has 0 amide bonds. The van der Waals surface area contributed by atoms with Crippen molar-refractivity contribution < 1.29 is 5.11 Å². The molecule has 0 saturated heterocycles. The van der Waals surface area contributed by atoms with Gasteiger partial charge in [0.1, 0.15) is 5.60 Å². The van der Waals surface area contributed by atoms with Gasteiger partial charge in [0, 0.05) is 6.42 Å². The Bertz CT molecular complexity index is 345. The lowest BCUT2D eigenvalue weighted by atomic mass is 9.86. The maximum atomic E-state index is 10.5. The molecule has 0 spiro atoms. The van der Waals surface area contributed by atoms with Crippen molar-refractivity contribution in [2.75, 3.05) is 0 Å². The standard InChI is InChI=1S/C13H14O/c1-2-10-13(14,12-8-9-12)11-6-4-3-5-7-11/h1,3-7,12,14H,8-10H2. The highest BCUT2D eigenvalue weighted by atomic mass is 16.3. The Morgan fingerprint density at radius 1 is 1.36 bits per heavy atom. The summed E-state index contributed by atoms with van der Waals surface area (Å²) < 4.78 is 0. The molecule has 1 heteroatoms. The van der Waals surface area contributed by atoms with Gasteiger partial charge >= 0.3 is 0 Å². The smallest absolute Gasteiger partial charge is 0.103 e. The van der Waals surface area contributed by atoms with Gasteiger partial charge in [-0.1, -0.05) is 30.3 Å². The van der Waals surface area contributed by atoms with Crippen LogP contribution in [0.1, 0.15) is 24.8 Å². The van der Waals surface area contributed by atoms with E-state index < -0.39 is 5.60 Å². The van der Waals surface area contributed by atoms with Crippen molar-refractivity contribution in [2.45, 2.75) is 24.9 Å². The first-order valence-corrected chi connectivity index (χ1v) is 4.99. The molecule has 0 heterocycles. The van der Waals surface area contributed by atoms with Gasteiger partial charge in [0.2, 0.25) is 0 Å². The lowest BCUT2D eigenvalue weighted by Gasteiger charge is -2.26. The van der Waals surface area contributed by atoms with Crippen molar-refractivity contribution >= 4 is 0 Å². The van der Waals surface area contributed by atoms with Crippen LogP contribution >= 0.6 is 0 Å². The number of benzene rings is 1. The fourth-order valence-corrected chi connectivity index (χ4v) is 1.93. The number of terminal acetylenes is 1. The van der Waals surface area contributed by atoms with Gasteiger partial charge in [-0.2, -0.15) is 0 Å². The van der Waals surface area contributed by atoms with Crippen LogP contribution in [0.4, 0.5) is 0 Å². The van der Waals surface area contributed by atoms with Gasteiger partial charge in [-0.15, -0.1) is 12.3 Å². The highest BCUT2D eigenvalue weighted by Gasteiger charge is 2.44. The molecular weight excluding hydrogens is 172 g/mol. The zero-order valence-corrected chi connectivity index (χ0v) is 8.11. The molecule has 1 aromatic rings. The summed E-state index contributed by atoms with van der Waals surface area (Å²) >= 11 is 0. The Kier molecular flexibility index (Phi) is 2.31. The molecule has 1 atom stereocenters. The molecule has 72 valence electrons. The van der Waals surface area contributed by atoms with E-state index in [9.17, 15) is 5.11 Å². The van der Waals surface area contributed by atoms with Crippen molar-refractivity contribution in [3.8, 4) is 12.3 Å². The molecule has 0 aliphatic heterocycles. The number of rotatable bonds is 3. The van der Waals surface area contributed by atoms with Crippen molar-refractivity contribution in [2.24, 2.45) is 5.92 Å². The molecule has 1 N–H and O–H groups in total. The summed E-state index contributed by atoms with van der Waals surface area (Å²) in [7, 11) is 0. The highest BCUT2D eigenvalue weighted by molar-refractivity contribution is 5.26. The normalized spacial score (nSPS) is 19.7. The molecular formula is C13H14O. The third-order valence-electron chi connectivity index (χ3n) is 2.90. The van der Waals surface area contributed by atoms with E-state index in [1.54, 1.807) is 0 Å². The van der Waals surface area contributed by atoms with Crippen LogP contribution in [0, 0.1) is 18.3 Å². The topological polar surface area (TPSA) is 20.2 Å². The second-order valence-electron chi connectivity index (χ2n) is 3.95. The minimum Gasteiger partial charge on any atom is -0.384 e. The van der Waals surface area contributed by atoms with Crippen LogP contribution in [0.2, 0.25) is 0 Å². The van der Waals surface area contributed by atoms with Gasteiger partial charge in [0.05, 0.1) is 0 Å². The Morgan fingerprint density at radius 2 is 2.00 bits per heavy atom. The van der Waals surface area contributed by atoms with Gasteiger partial charge in [-0.05, 0) is 24.3 Å². The molecule has 0 radical (unpaired) electrons. The zero-order chi connectivity index (χ0) is 10.0. The van der Waals surface area contributed by atoms with E-state index in [1.165, 1.54) is 0 Å². The first-order valence-electron chi connectivity index (χ1n) is 4.99. The molecule has 1 aliphatic carbocycles. The fraction of sp³-hybridized carbons (Fsp3) is 0.385. The monoisotopic (exact) mass is 186 g/mol. The number of hydrogen-bond donors (Lipinski definition) is 1. The largest absolute Gasteiger partial charge is 0.384 e. The summed E-state index contributed by atoms with van der Waals surface area (Å²) in [5.74, 6) is 2.94. The molecule has 0 aromatic heterocycles. The van der Waals surface area contributed by atoms with Crippen LogP contribution in [0.15, 0.2) is 30.3 Å². The van der Waals surface area contributed by atoms with E-state index in [1.807, 2.05) is 30.3 Å². The van der Waals surface area contributed by atoms with Gasteiger partial charge in [0.15, 0.2) is 0 Å². The SMILES string of the molecule is C#CCC(O)(c1ccccc1)C1CC1. The van der Waals surface area contributed by atoms with Gasteiger partial charge in [-0.25, -0.2) is 0 Å². The molecule has 1 aromatic carbocycles. The number of aliphatic hydroxyl groups is 1. The maximum Gasteiger partial charge on any atom is 0.103 e. The van der Waals surface area contributed by atoms with E-state index in [0.29, 0.717) is 12.3 Å². The van der Waals surface area contributed by atoms with E-state index in [2.05, 4.69) is 5.92 Å². The van der Waals surface area contributed by atoms with E-state index >= 15 is 0 Å². The lowest BCUT2D eigenvalue weighted by Crippen LogP contribution is -2.27. The average molecular weight is 186 g/mol. The van der Waals surface area contributed by atoms with Crippen LogP contribution in [0.25, 0.3) is 0 Å². The van der Waals surface area contributed by atoms with Crippen LogP contribution < -0.4 is 0 Å². The van der Waals surface area contributed by atoms with Crippen molar-refractivity contribution in [3.05, 3.63) is 35.9 Å². The third-order valence-corrected chi connectivity index (χ3v) is 2.90. The summed E-state index contributed by atoms with van der Waals surface area (Å²) in [6.07, 6.45) is 7.91. The fourth-order valence-electron chi connectivity index (χ4n) is 1.93. The van der Waals surface area contributed by atoms with Crippen LogP contribution in [-0.4, -0.2) is 5.11 Å². The molecule has 2 rings (SSSR count). The summed E-state index contributed by atoms with van der Waals surface area (Å²) in [5.41, 5.74) is 0.177. The summed E-state index contributed by atoms with van der Waals surface area (Å²) in [4.78, 5) is 0. The maximum absolute atomic E-state index is 10.5. The predicted octanol–water partition coefficient (Wildman–Crippen LogP) is 2.31. The highest BCUT2D eigenvalue weighted by Crippen LogP contribution is 2.47. The van der Waals surface area contributed by atoms with Crippen molar-refractivity contribution in [1.82, 2.24) is 0 Å². The minimum absolute atomic E-state index is 0.362. The van der Waals surface area contributed by atoms with Crippen LogP contribution in [0.3, 0.4) is 0 Å². The first kappa shape index (κ1) is 9.30. The van der Waals surface area contributed by atoms with Crippen molar-refractivity contribution in [3.63, 3.8) is 0 Å². The second kappa shape index (κ2) is 3.48. The number of hydrogen-bond acceptors (Lipinski definition) is 1. The van der Waals surface area contributed by atoms with E-state index in [0.717, 1.165) is 18.4 Å². The lowest BCUT2D eigenvalue weighted by molar-refractivity contribution is 0.0181. The van der Waals surface area contributed by atoms with Crippen molar-refractivity contribution in [1.29, 1.82) is 0 Å².